The van der Waals surface area contributed by atoms with E-state index in [1.807, 2.05) is 49.0 Å². The summed E-state index contributed by atoms with van der Waals surface area (Å²) in [5.74, 6) is -0.928. The molecule has 2 aliphatic rings. The number of pyridine rings is 2. The van der Waals surface area contributed by atoms with E-state index in [9.17, 15) is 19.5 Å². The maximum atomic E-state index is 13.6. The van der Waals surface area contributed by atoms with Crippen molar-refractivity contribution in [2.45, 2.75) is 57.9 Å². The fourth-order valence-electron chi connectivity index (χ4n) is 6.71. The molecule has 3 N–H and O–H groups in total. The quantitative estimate of drug-likeness (QED) is 0.221. The van der Waals surface area contributed by atoms with Crippen molar-refractivity contribution in [1.29, 1.82) is 0 Å². The normalized spacial score (nSPS) is 17.7. The smallest absolute Gasteiger partial charge is 0.343 e. The molecule has 7 rings (SSSR count). The molecule has 3 aromatic heterocycles. The lowest BCUT2D eigenvalue weighted by Gasteiger charge is -2.31. The molecule has 0 radical (unpaired) electrons. The number of para-hydroxylation sites is 1. The summed E-state index contributed by atoms with van der Waals surface area (Å²) in [5, 5.41) is 13.0. The highest BCUT2D eigenvalue weighted by atomic mass is 16.6. The van der Waals surface area contributed by atoms with Crippen LogP contribution < -0.4 is 16.0 Å². The van der Waals surface area contributed by atoms with E-state index in [1.165, 1.54) is 0 Å². The van der Waals surface area contributed by atoms with Gasteiger partial charge in [-0.2, -0.15) is 0 Å². The molecule has 5 heterocycles. The van der Waals surface area contributed by atoms with Gasteiger partial charge in [-0.15, -0.1) is 0 Å². The second-order valence-electron chi connectivity index (χ2n) is 11.6. The van der Waals surface area contributed by atoms with E-state index < -0.39 is 23.6 Å². The number of aromatic nitrogens is 3. The summed E-state index contributed by atoms with van der Waals surface area (Å²) < 4.78 is 14.6. The first-order chi connectivity index (χ1) is 21.1. The molecule has 0 amide bonds. The van der Waals surface area contributed by atoms with Crippen LogP contribution in [0.1, 0.15) is 48.1 Å². The van der Waals surface area contributed by atoms with Gasteiger partial charge in [0.25, 0.3) is 5.56 Å². The lowest BCUT2D eigenvalue weighted by Crippen LogP contribution is -2.44. The van der Waals surface area contributed by atoms with E-state index in [4.69, 9.17) is 20.2 Å². The highest BCUT2D eigenvalue weighted by molar-refractivity contribution is 5.91. The Labute approximate surface area is 252 Å². The zero-order valence-electron chi connectivity index (χ0n) is 24.7. The molecule has 2 aliphatic heterocycles. The predicted octanol–water partition coefficient (Wildman–Crippen LogP) is 3.61. The van der Waals surface area contributed by atoms with Crippen LogP contribution in [-0.2, 0) is 53.0 Å². The van der Waals surface area contributed by atoms with Gasteiger partial charge in [-0.05, 0) is 54.3 Å². The molecule has 0 spiro atoms. The van der Waals surface area contributed by atoms with Crippen molar-refractivity contribution in [2.24, 2.45) is 12.8 Å². The SMILES string of the molecule is CCc1c2c(nc3ccc(OC(=O)[C@@H](N)Cc4cn(C)c5ccccc45)cc13)-c1cc3c(c(=O)n1C2)COC(=O)[C@@]3(O)CC. The number of carbonyl (C=O) groups excluding carboxylic acids is 2. The van der Waals surface area contributed by atoms with E-state index in [1.54, 1.807) is 35.8 Å². The minimum atomic E-state index is -1.89. The number of ether oxygens (including phenoxy) is 2. The Morgan fingerprint density at radius 1 is 1.14 bits per heavy atom. The average molecular weight is 593 g/mol. The molecule has 0 bridgehead atoms. The first-order valence-electron chi connectivity index (χ1n) is 14.8. The second kappa shape index (κ2) is 10.1. The molecule has 2 atom stereocenters. The van der Waals surface area contributed by atoms with E-state index >= 15 is 0 Å². The van der Waals surface area contributed by atoms with Crippen LogP contribution in [0.2, 0.25) is 0 Å². The van der Waals surface area contributed by atoms with E-state index in [-0.39, 0.29) is 29.7 Å². The van der Waals surface area contributed by atoms with Crippen LogP contribution in [0.5, 0.6) is 5.75 Å². The fraction of sp³-hybridized carbons (Fsp3) is 0.294. The molecule has 0 unspecified atom stereocenters. The van der Waals surface area contributed by atoms with Gasteiger partial charge in [-0.3, -0.25) is 4.79 Å². The Hall–Kier alpha value is -4.80. The molecule has 10 heteroatoms. The molecular formula is C34H32N4O6. The van der Waals surface area contributed by atoms with E-state index in [0.717, 1.165) is 33.0 Å². The van der Waals surface area contributed by atoms with E-state index in [2.05, 4.69) is 0 Å². The second-order valence-corrected chi connectivity index (χ2v) is 11.6. The van der Waals surface area contributed by atoms with Gasteiger partial charge in [0.05, 0.1) is 29.0 Å². The van der Waals surface area contributed by atoms with Gasteiger partial charge in [-0.1, -0.05) is 32.0 Å². The number of fused-ring (bicyclic) bond motifs is 6. The Morgan fingerprint density at radius 3 is 2.70 bits per heavy atom. The monoisotopic (exact) mass is 592 g/mol. The number of cyclic esters (lactones) is 1. The number of hydrogen-bond donors (Lipinski definition) is 2. The van der Waals surface area contributed by atoms with Crippen molar-refractivity contribution in [2.75, 3.05) is 0 Å². The Balaban J connectivity index is 1.22. The van der Waals surface area contributed by atoms with Crippen molar-refractivity contribution >= 4 is 33.7 Å². The third kappa shape index (κ3) is 4.09. The lowest BCUT2D eigenvalue weighted by molar-refractivity contribution is -0.172. The molecular weight excluding hydrogens is 560 g/mol. The number of aryl methyl sites for hydroxylation is 2. The molecule has 5 aromatic rings. The summed E-state index contributed by atoms with van der Waals surface area (Å²) in [6, 6.07) is 14.1. The number of hydrogen-bond acceptors (Lipinski definition) is 8. The van der Waals surface area contributed by atoms with Crippen molar-refractivity contribution in [1.82, 2.24) is 14.1 Å². The molecule has 0 saturated heterocycles. The van der Waals surface area contributed by atoms with Crippen LogP contribution in [-0.4, -0.2) is 37.2 Å². The molecule has 44 heavy (non-hydrogen) atoms. The minimum absolute atomic E-state index is 0.0764. The van der Waals surface area contributed by atoms with Crippen molar-refractivity contribution < 1.29 is 24.2 Å². The molecule has 224 valence electrons. The van der Waals surface area contributed by atoms with Gasteiger partial charge >= 0.3 is 11.9 Å². The standard InChI is InChI=1S/C34H32N4O6/c1-4-20-22-13-19(44-32(40)26(35)12-18-15-37(3)28-9-7-6-8-21(18)28)10-11-27(22)36-30-23(20)16-38-29(30)14-25-24(31(38)39)17-43-33(41)34(25,42)5-2/h6-11,13-15,26,42H,4-5,12,16-17,35H2,1-3H3/t26-,34+/m0/s1. The number of rotatable bonds is 6. The van der Waals surface area contributed by atoms with Crippen LogP contribution in [0.4, 0.5) is 0 Å². The average Bonchev–Trinajstić information content (AvgIpc) is 3.55. The third-order valence-electron chi connectivity index (χ3n) is 9.07. The Bertz CT molecular complexity index is 2090. The number of carbonyl (C=O) groups is 2. The van der Waals surface area contributed by atoms with Gasteiger partial charge in [0.15, 0.2) is 5.60 Å². The Kier molecular flexibility index (Phi) is 6.45. The molecule has 2 aromatic carbocycles. The van der Waals surface area contributed by atoms with Crippen molar-refractivity contribution in [3.8, 4) is 17.1 Å². The predicted molar refractivity (Wildman–Crippen MR) is 164 cm³/mol. The zero-order chi connectivity index (χ0) is 30.9. The summed E-state index contributed by atoms with van der Waals surface area (Å²) in [4.78, 5) is 44.1. The highest BCUT2D eigenvalue weighted by Gasteiger charge is 2.45. The number of benzene rings is 2. The maximum absolute atomic E-state index is 13.6. The molecule has 0 fully saturated rings. The largest absolute Gasteiger partial charge is 0.458 e. The first kappa shape index (κ1) is 28.0. The summed E-state index contributed by atoms with van der Waals surface area (Å²) >= 11 is 0. The topological polar surface area (TPSA) is 139 Å². The zero-order valence-corrected chi connectivity index (χ0v) is 24.7. The first-order valence-corrected chi connectivity index (χ1v) is 14.8. The summed E-state index contributed by atoms with van der Waals surface area (Å²) in [5.41, 5.74) is 10.4. The highest BCUT2D eigenvalue weighted by Crippen LogP contribution is 2.40. The third-order valence-corrected chi connectivity index (χ3v) is 9.07. The number of nitrogens with two attached hydrogens (primary N) is 1. The Morgan fingerprint density at radius 2 is 1.93 bits per heavy atom. The van der Waals surface area contributed by atoms with Gasteiger partial charge < -0.3 is 29.4 Å². The van der Waals surface area contributed by atoms with Crippen molar-refractivity contribution in [3.63, 3.8) is 0 Å². The summed E-state index contributed by atoms with van der Waals surface area (Å²) in [6.45, 7) is 3.81. The van der Waals surface area contributed by atoms with Gasteiger partial charge in [-0.25, -0.2) is 14.6 Å². The lowest BCUT2D eigenvalue weighted by atomic mass is 9.86. The summed E-state index contributed by atoms with van der Waals surface area (Å²) in [7, 11) is 1.96. The summed E-state index contributed by atoms with van der Waals surface area (Å²) in [6.07, 6.45) is 3.04. The molecule has 10 nitrogen and oxygen atoms in total. The fourth-order valence-corrected chi connectivity index (χ4v) is 6.71. The van der Waals surface area contributed by atoms with Crippen molar-refractivity contribution in [3.05, 3.63) is 92.9 Å². The molecule has 0 saturated carbocycles. The van der Waals surface area contributed by atoms with Crippen LogP contribution >= 0.6 is 0 Å². The number of esters is 2. The minimum Gasteiger partial charge on any atom is -0.458 e. The number of nitrogens with zero attached hydrogens (tertiary/aromatic N) is 3. The van der Waals surface area contributed by atoms with Crippen LogP contribution in [0.3, 0.4) is 0 Å². The molecule has 0 aliphatic carbocycles. The van der Waals surface area contributed by atoms with Gasteiger partial charge in [0, 0.05) is 47.1 Å². The van der Waals surface area contributed by atoms with Gasteiger partial charge in [0.2, 0.25) is 0 Å². The van der Waals surface area contributed by atoms with Crippen LogP contribution in [0, 0.1) is 0 Å². The number of aliphatic hydroxyl groups is 1. The van der Waals surface area contributed by atoms with Gasteiger partial charge in [0.1, 0.15) is 18.4 Å². The maximum Gasteiger partial charge on any atom is 0.343 e. The van der Waals surface area contributed by atoms with E-state index in [0.29, 0.717) is 42.0 Å². The van der Waals surface area contributed by atoms with Crippen LogP contribution in [0.25, 0.3) is 33.2 Å². The van der Waals surface area contributed by atoms with Crippen LogP contribution in [0.15, 0.2) is 59.5 Å².